The summed E-state index contributed by atoms with van der Waals surface area (Å²) in [4.78, 5) is 14.7. The Morgan fingerprint density at radius 1 is 1.47 bits per heavy atom. The molecule has 0 aliphatic carbocycles. The average Bonchev–Trinajstić information content (AvgIpc) is 2.85. The highest BCUT2D eigenvalue weighted by Crippen LogP contribution is 2.27. The van der Waals surface area contributed by atoms with Crippen LogP contribution in [-0.4, -0.2) is 23.5 Å². The second-order valence-electron chi connectivity index (χ2n) is 4.23. The second kappa shape index (κ2) is 5.62. The number of likely N-dealkylation sites (N-methyl/N-ethyl adjacent to an activating group) is 1. The third kappa shape index (κ3) is 2.97. The van der Waals surface area contributed by atoms with Crippen molar-refractivity contribution in [3.8, 4) is 11.3 Å². The maximum absolute atomic E-state index is 10.9. The standard InChI is InChI=1S/C13H15N3O3/c1-9-3-4-10(7-11(9)16(17)18)12-8-15-13(19-12)5-6-14-2/h3-4,7-8,14H,5-6H2,1-2H3. The molecule has 1 aromatic carbocycles. The Hall–Kier alpha value is -2.21. The van der Waals surface area contributed by atoms with Gasteiger partial charge in [0.05, 0.1) is 11.1 Å². The summed E-state index contributed by atoms with van der Waals surface area (Å²) < 4.78 is 5.57. The van der Waals surface area contributed by atoms with Crippen molar-refractivity contribution >= 4 is 5.69 Å². The molecule has 0 saturated carbocycles. The predicted molar refractivity (Wildman–Crippen MR) is 71.0 cm³/mol. The van der Waals surface area contributed by atoms with Crippen molar-refractivity contribution in [1.82, 2.24) is 10.3 Å². The molecule has 1 heterocycles. The molecule has 19 heavy (non-hydrogen) atoms. The van der Waals surface area contributed by atoms with Crippen LogP contribution in [0.25, 0.3) is 11.3 Å². The number of nitrogens with zero attached hydrogens (tertiary/aromatic N) is 2. The fourth-order valence-electron chi connectivity index (χ4n) is 1.75. The summed E-state index contributed by atoms with van der Waals surface area (Å²) in [5.41, 5.74) is 1.38. The van der Waals surface area contributed by atoms with Crippen LogP contribution in [0.15, 0.2) is 28.8 Å². The van der Waals surface area contributed by atoms with Gasteiger partial charge in [0.25, 0.3) is 5.69 Å². The van der Waals surface area contributed by atoms with E-state index in [9.17, 15) is 10.1 Å². The zero-order valence-corrected chi connectivity index (χ0v) is 10.8. The number of hydrogen-bond acceptors (Lipinski definition) is 5. The molecular weight excluding hydrogens is 246 g/mol. The summed E-state index contributed by atoms with van der Waals surface area (Å²) in [5, 5.41) is 13.9. The Kier molecular flexibility index (Phi) is 3.91. The zero-order chi connectivity index (χ0) is 13.8. The quantitative estimate of drug-likeness (QED) is 0.659. The molecule has 0 unspecified atom stereocenters. The third-order valence-electron chi connectivity index (χ3n) is 2.83. The molecule has 0 spiro atoms. The van der Waals surface area contributed by atoms with Crippen LogP contribution in [0.4, 0.5) is 5.69 Å². The second-order valence-corrected chi connectivity index (χ2v) is 4.23. The number of benzene rings is 1. The highest BCUT2D eigenvalue weighted by Gasteiger charge is 2.14. The summed E-state index contributed by atoms with van der Waals surface area (Å²) >= 11 is 0. The van der Waals surface area contributed by atoms with Gasteiger partial charge in [-0.2, -0.15) is 0 Å². The van der Waals surface area contributed by atoms with Crippen molar-refractivity contribution in [2.45, 2.75) is 13.3 Å². The van der Waals surface area contributed by atoms with Crippen LogP contribution < -0.4 is 5.32 Å². The minimum Gasteiger partial charge on any atom is -0.441 e. The van der Waals surface area contributed by atoms with Crippen molar-refractivity contribution < 1.29 is 9.34 Å². The summed E-state index contributed by atoms with van der Waals surface area (Å²) in [6.07, 6.45) is 2.28. The summed E-state index contributed by atoms with van der Waals surface area (Å²) in [5.74, 6) is 1.17. The lowest BCUT2D eigenvalue weighted by molar-refractivity contribution is -0.385. The fraction of sp³-hybridized carbons (Fsp3) is 0.308. The smallest absolute Gasteiger partial charge is 0.273 e. The van der Waals surface area contributed by atoms with Crippen LogP contribution in [-0.2, 0) is 6.42 Å². The van der Waals surface area contributed by atoms with Gasteiger partial charge in [-0.1, -0.05) is 12.1 Å². The Balaban J connectivity index is 2.29. The minimum absolute atomic E-state index is 0.0886. The third-order valence-corrected chi connectivity index (χ3v) is 2.83. The first kappa shape index (κ1) is 13.2. The van der Waals surface area contributed by atoms with Gasteiger partial charge >= 0.3 is 0 Å². The summed E-state index contributed by atoms with van der Waals surface area (Å²) in [6, 6.07) is 5.02. The average molecular weight is 261 g/mol. The van der Waals surface area contributed by atoms with Gasteiger partial charge < -0.3 is 9.73 Å². The van der Waals surface area contributed by atoms with Crippen LogP contribution >= 0.6 is 0 Å². The lowest BCUT2D eigenvalue weighted by Crippen LogP contribution is -2.10. The number of aryl methyl sites for hydroxylation is 1. The molecule has 6 heteroatoms. The maximum atomic E-state index is 10.9. The molecule has 0 radical (unpaired) electrons. The van der Waals surface area contributed by atoms with Crippen molar-refractivity contribution in [2.24, 2.45) is 0 Å². The molecule has 0 fully saturated rings. The lowest BCUT2D eigenvalue weighted by Gasteiger charge is -2.00. The number of nitrogens with one attached hydrogen (secondary N) is 1. The number of oxazole rings is 1. The molecule has 0 saturated heterocycles. The van der Waals surface area contributed by atoms with Gasteiger partial charge in [-0.3, -0.25) is 10.1 Å². The zero-order valence-electron chi connectivity index (χ0n) is 10.8. The molecule has 100 valence electrons. The van der Waals surface area contributed by atoms with Crippen LogP contribution in [0.5, 0.6) is 0 Å². The van der Waals surface area contributed by atoms with E-state index >= 15 is 0 Å². The molecule has 0 aliphatic heterocycles. The molecule has 1 aromatic heterocycles. The highest BCUT2D eigenvalue weighted by atomic mass is 16.6. The first-order chi connectivity index (χ1) is 9.11. The molecule has 0 atom stereocenters. The van der Waals surface area contributed by atoms with Crippen LogP contribution in [0.1, 0.15) is 11.5 Å². The molecule has 6 nitrogen and oxygen atoms in total. The summed E-state index contributed by atoms with van der Waals surface area (Å²) in [7, 11) is 1.85. The van der Waals surface area contributed by atoms with E-state index in [1.54, 1.807) is 25.3 Å². The minimum atomic E-state index is -0.392. The SMILES string of the molecule is CNCCc1ncc(-c2ccc(C)c([N+](=O)[O-])c2)o1. The van der Waals surface area contributed by atoms with E-state index in [1.165, 1.54) is 6.07 Å². The van der Waals surface area contributed by atoms with Gasteiger partial charge in [-0.25, -0.2) is 4.98 Å². The topological polar surface area (TPSA) is 81.2 Å². The van der Waals surface area contributed by atoms with E-state index in [0.717, 1.165) is 6.54 Å². The normalized spacial score (nSPS) is 10.6. The Labute approximate surface area is 110 Å². The Morgan fingerprint density at radius 3 is 2.95 bits per heavy atom. The molecule has 0 aliphatic rings. The molecule has 0 bridgehead atoms. The van der Waals surface area contributed by atoms with E-state index in [4.69, 9.17) is 4.42 Å². The van der Waals surface area contributed by atoms with Gasteiger partial charge in [0.2, 0.25) is 0 Å². The number of aromatic nitrogens is 1. The fourth-order valence-corrected chi connectivity index (χ4v) is 1.75. The number of nitro benzene ring substituents is 1. The van der Waals surface area contributed by atoms with Gasteiger partial charge in [0.15, 0.2) is 11.7 Å². The van der Waals surface area contributed by atoms with E-state index in [2.05, 4.69) is 10.3 Å². The highest BCUT2D eigenvalue weighted by molar-refractivity contribution is 5.62. The lowest BCUT2D eigenvalue weighted by atomic mass is 10.1. The molecule has 0 amide bonds. The van der Waals surface area contributed by atoms with Gasteiger partial charge in [-0.05, 0) is 14.0 Å². The van der Waals surface area contributed by atoms with E-state index in [1.807, 2.05) is 7.05 Å². The number of hydrogen-bond donors (Lipinski definition) is 1. The van der Waals surface area contributed by atoms with Crippen LogP contribution in [0.3, 0.4) is 0 Å². The first-order valence-electron chi connectivity index (χ1n) is 5.96. The van der Waals surface area contributed by atoms with Crippen molar-refractivity contribution in [2.75, 3.05) is 13.6 Å². The maximum Gasteiger partial charge on any atom is 0.273 e. The molecular formula is C13H15N3O3. The van der Waals surface area contributed by atoms with Gasteiger partial charge in [0, 0.05) is 30.2 Å². The van der Waals surface area contributed by atoms with E-state index in [-0.39, 0.29) is 5.69 Å². The van der Waals surface area contributed by atoms with Crippen molar-refractivity contribution in [1.29, 1.82) is 0 Å². The molecule has 2 rings (SSSR count). The Bertz CT molecular complexity index is 593. The van der Waals surface area contributed by atoms with Crippen molar-refractivity contribution in [3.63, 3.8) is 0 Å². The monoisotopic (exact) mass is 261 g/mol. The van der Waals surface area contributed by atoms with Crippen LogP contribution in [0, 0.1) is 17.0 Å². The molecule has 2 aromatic rings. The first-order valence-corrected chi connectivity index (χ1v) is 5.96. The number of nitro groups is 1. The van der Waals surface area contributed by atoms with Gasteiger partial charge in [-0.15, -0.1) is 0 Å². The van der Waals surface area contributed by atoms with Crippen molar-refractivity contribution in [3.05, 3.63) is 46.0 Å². The molecule has 1 N–H and O–H groups in total. The summed E-state index contributed by atoms with van der Waals surface area (Å²) in [6.45, 7) is 2.48. The van der Waals surface area contributed by atoms with E-state index < -0.39 is 4.92 Å². The largest absolute Gasteiger partial charge is 0.441 e. The predicted octanol–water partition coefficient (Wildman–Crippen LogP) is 2.32. The van der Waals surface area contributed by atoms with Crippen LogP contribution in [0.2, 0.25) is 0 Å². The number of rotatable bonds is 5. The van der Waals surface area contributed by atoms with Gasteiger partial charge in [0.1, 0.15) is 0 Å². The van der Waals surface area contributed by atoms with E-state index in [0.29, 0.717) is 29.2 Å². The Morgan fingerprint density at radius 2 is 2.26 bits per heavy atom.